The van der Waals surface area contributed by atoms with E-state index in [1.54, 1.807) is 17.0 Å². The van der Waals surface area contributed by atoms with Gasteiger partial charge in [0.15, 0.2) is 0 Å². The van der Waals surface area contributed by atoms with Crippen molar-refractivity contribution in [3.8, 4) is 0 Å². The summed E-state index contributed by atoms with van der Waals surface area (Å²) in [4.78, 5) is 17.9. The van der Waals surface area contributed by atoms with Crippen molar-refractivity contribution in [2.75, 3.05) is 13.1 Å². The average molecular weight is 350 g/mol. The highest BCUT2D eigenvalue weighted by Gasteiger charge is 2.38. The lowest BCUT2D eigenvalue weighted by Gasteiger charge is -2.38. The molecule has 0 saturated carbocycles. The van der Waals surface area contributed by atoms with Crippen molar-refractivity contribution in [3.05, 3.63) is 65.5 Å². The molecule has 7 heteroatoms. The van der Waals surface area contributed by atoms with Gasteiger partial charge in [0.25, 0.3) is 5.91 Å². The molecular weight excluding hydrogens is 333 g/mol. The molecule has 0 bridgehead atoms. The summed E-state index contributed by atoms with van der Waals surface area (Å²) in [5.41, 5.74) is -1.41. The van der Waals surface area contributed by atoms with Crippen molar-refractivity contribution < 1.29 is 23.1 Å². The van der Waals surface area contributed by atoms with Crippen LogP contribution in [0.1, 0.15) is 34.3 Å². The number of carbonyl (C=O) groups excluding carboxylic acids is 1. The third kappa shape index (κ3) is 3.66. The Labute approximate surface area is 142 Å². The highest BCUT2D eigenvalue weighted by Crippen LogP contribution is 2.36. The van der Waals surface area contributed by atoms with E-state index in [4.69, 9.17) is 0 Å². The zero-order valence-corrected chi connectivity index (χ0v) is 13.3. The molecule has 0 radical (unpaired) electrons. The van der Waals surface area contributed by atoms with E-state index in [1.165, 1.54) is 24.5 Å². The summed E-state index contributed by atoms with van der Waals surface area (Å²) in [5.74, 6) is -0.173. The van der Waals surface area contributed by atoms with E-state index in [2.05, 4.69) is 4.98 Å². The largest absolute Gasteiger partial charge is 0.416 e. The van der Waals surface area contributed by atoms with Crippen LogP contribution >= 0.6 is 0 Å². The van der Waals surface area contributed by atoms with Crippen molar-refractivity contribution in [2.24, 2.45) is 0 Å². The molecule has 1 amide bonds. The van der Waals surface area contributed by atoms with Gasteiger partial charge >= 0.3 is 6.18 Å². The summed E-state index contributed by atoms with van der Waals surface area (Å²) in [7, 11) is 0. The number of rotatable bonds is 2. The Hall–Kier alpha value is -2.41. The van der Waals surface area contributed by atoms with Crippen molar-refractivity contribution in [1.82, 2.24) is 9.88 Å². The predicted octanol–water partition coefficient (Wildman–Crippen LogP) is 3.22. The highest BCUT2D eigenvalue weighted by molar-refractivity contribution is 5.94. The first-order chi connectivity index (χ1) is 11.8. The lowest BCUT2D eigenvalue weighted by Crippen LogP contribution is -2.45. The third-order valence-electron chi connectivity index (χ3n) is 4.53. The minimum atomic E-state index is -4.45. The molecule has 1 N–H and O–H groups in total. The summed E-state index contributed by atoms with van der Waals surface area (Å²) in [6.07, 6.45) is -1.03. The topological polar surface area (TPSA) is 53.4 Å². The molecule has 3 rings (SSSR count). The number of aliphatic hydroxyl groups is 1. The van der Waals surface area contributed by atoms with Gasteiger partial charge in [-0.15, -0.1) is 0 Å². The summed E-state index contributed by atoms with van der Waals surface area (Å²) in [6.45, 7) is 0.543. The number of pyridine rings is 1. The number of halogens is 3. The van der Waals surface area contributed by atoms with Crippen LogP contribution in [0.4, 0.5) is 13.2 Å². The van der Waals surface area contributed by atoms with Crippen LogP contribution < -0.4 is 0 Å². The van der Waals surface area contributed by atoms with Crippen molar-refractivity contribution in [3.63, 3.8) is 0 Å². The Morgan fingerprint density at radius 3 is 2.36 bits per heavy atom. The number of hydrogen-bond acceptors (Lipinski definition) is 3. The monoisotopic (exact) mass is 350 g/mol. The van der Waals surface area contributed by atoms with Gasteiger partial charge < -0.3 is 10.0 Å². The summed E-state index contributed by atoms with van der Waals surface area (Å²) >= 11 is 0. The molecule has 0 aliphatic carbocycles. The van der Waals surface area contributed by atoms with Gasteiger partial charge in [0, 0.05) is 31.0 Å². The van der Waals surface area contributed by atoms with E-state index in [0.717, 1.165) is 12.1 Å². The Bertz CT molecular complexity index is 754. The van der Waals surface area contributed by atoms with Crippen LogP contribution in [0.15, 0.2) is 48.8 Å². The Kier molecular flexibility index (Phi) is 4.51. The fourth-order valence-corrected chi connectivity index (χ4v) is 3.03. The summed E-state index contributed by atoms with van der Waals surface area (Å²) < 4.78 is 38.6. The molecule has 2 aromatic rings. The molecular formula is C18H17F3N2O2. The maximum absolute atomic E-state index is 12.9. The Morgan fingerprint density at radius 1 is 1.12 bits per heavy atom. The zero-order chi connectivity index (χ0) is 18.1. The fourth-order valence-electron chi connectivity index (χ4n) is 3.03. The number of piperidine rings is 1. The SMILES string of the molecule is O=C(c1ccncc1)N1CCC(O)(c2cccc(C(F)(F)F)c2)CC1. The first kappa shape index (κ1) is 17.4. The number of benzene rings is 1. The van der Waals surface area contributed by atoms with Crippen molar-refractivity contribution >= 4 is 5.91 Å². The van der Waals surface area contributed by atoms with Gasteiger partial charge in [0.1, 0.15) is 0 Å². The minimum Gasteiger partial charge on any atom is -0.385 e. The Balaban J connectivity index is 1.74. The van der Waals surface area contributed by atoms with E-state index in [9.17, 15) is 23.1 Å². The van der Waals surface area contributed by atoms with Crippen molar-refractivity contribution in [2.45, 2.75) is 24.6 Å². The van der Waals surface area contributed by atoms with Gasteiger partial charge in [-0.3, -0.25) is 9.78 Å². The average Bonchev–Trinajstić information content (AvgIpc) is 2.62. The van der Waals surface area contributed by atoms with Crippen LogP contribution in [-0.4, -0.2) is 34.0 Å². The third-order valence-corrected chi connectivity index (χ3v) is 4.53. The number of likely N-dealkylation sites (tertiary alicyclic amines) is 1. The van der Waals surface area contributed by atoms with Gasteiger partial charge in [-0.25, -0.2) is 0 Å². The number of aromatic nitrogens is 1. The van der Waals surface area contributed by atoms with E-state index < -0.39 is 17.3 Å². The van der Waals surface area contributed by atoms with E-state index in [1.807, 2.05) is 0 Å². The number of nitrogens with zero attached hydrogens (tertiary/aromatic N) is 2. The number of alkyl halides is 3. The molecule has 1 fully saturated rings. The Morgan fingerprint density at radius 2 is 1.76 bits per heavy atom. The lowest BCUT2D eigenvalue weighted by atomic mass is 9.83. The zero-order valence-electron chi connectivity index (χ0n) is 13.3. The second-order valence-corrected chi connectivity index (χ2v) is 6.14. The minimum absolute atomic E-state index is 0.173. The highest BCUT2D eigenvalue weighted by atomic mass is 19.4. The molecule has 132 valence electrons. The molecule has 0 unspecified atom stereocenters. The van der Waals surface area contributed by atoms with Crippen molar-refractivity contribution in [1.29, 1.82) is 0 Å². The molecule has 0 spiro atoms. The molecule has 0 atom stereocenters. The van der Waals surface area contributed by atoms with Crippen LogP contribution in [0.2, 0.25) is 0 Å². The van der Waals surface area contributed by atoms with Gasteiger partial charge in [0.05, 0.1) is 11.2 Å². The maximum Gasteiger partial charge on any atom is 0.416 e. The van der Waals surface area contributed by atoms with Crippen LogP contribution in [0, 0.1) is 0 Å². The van der Waals surface area contributed by atoms with Gasteiger partial charge in [-0.1, -0.05) is 12.1 Å². The number of amides is 1. The fraction of sp³-hybridized carbons (Fsp3) is 0.333. The molecule has 2 heterocycles. The molecule has 1 aliphatic heterocycles. The summed E-state index contributed by atoms with van der Waals surface area (Å²) in [5, 5.41) is 10.8. The molecule has 1 aromatic carbocycles. The predicted molar refractivity (Wildman–Crippen MR) is 84.7 cm³/mol. The van der Waals surface area contributed by atoms with Crippen LogP contribution in [-0.2, 0) is 11.8 Å². The van der Waals surface area contributed by atoms with Crippen LogP contribution in [0.5, 0.6) is 0 Å². The smallest absolute Gasteiger partial charge is 0.385 e. The van der Waals surface area contributed by atoms with Gasteiger partial charge in [-0.05, 0) is 42.7 Å². The van der Waals surface area contributed by atoms with Crippen LogP contribution in [0.3, 0.4) is 0 Å². The molecule has 25 heavy (non-hydrogen) atoms. The van der Waals surface area contributed by atoms with Crippen LogP contribution in [0.25, 0.3) is 0 Å². The first-order valence-corrected chi connectivity index (χ1v) is 7.89. The second-order valence-electron chi connectivity index (χ2n) is 6.14. The summed E-state index contributed by atoms with van der Waals surface area (Å²) in [6, 6.07) is 7.97. The first-order valence-electron chi connectivity index (χ1n) is 7.89. The number of hydrogen-bond donors (Lipinski definition) is 1. The van der Waals surface area contributed by atoms with Gasteiger partial charge in [0.2, 0.25) is 0 Å². The molecule has 4 nitrogen and oxygen atoms in total. The van der Waals surface area contributed by atoms with E-state index >= 15 is 0 Å². The molecule has 1 saturated heterocycles. The maximum atomic E-state index is 12.9. The van der Waals surface area contributed by atoms with Gasteiger partial charge in [-0.2, -0.15) is 13.2 Å². The standard InChI is InChI=1S/C18H17F3N2O2/c19-18(20,21)15-3-1-2-14(12-15)17(25)6-10-23(11-7-17)16(24)13-4-8-22-9-5-13/h1-5,8-9,12,25H,6-7,10-11H2. The lowest BCUT2D eigenvalue weighted by molar-refractivity contribution is -0.137. The van der Waals surface area contributed by atoms with E-state index in [0.29, 0.717) is 5.56 Å². The second kappa shape index (κ2) is 6.48. The van der Waals surface area contributed by atoms with E-state index in [-0.39, 0.29) is 37.4 Å². The molecule has 1 aliphatic rings. The number of carbonyl (C=O) groups is 1. The normalized spacial score (nSPS) is 17.4. The quantitative estimate of drug-likeness (QED) is 0.905. The molecule has 1 aromatic heterocycles.